The van der Waals surface area contributed by atoms with E-state index in [2.05, 4.69) is 9.97 Å². The summed E-state index contributed by atoms with van der Waals surface area (Å²) in [6.07, 6.45) is 1.63. The van der Waals surface area contributed by atoms with E-state index < -0.39 is 11.5 Å². The fourth-order valence-corrected chi connectivity index (χ4v) is 2.55. The van der Waals surface area contributed by atoms with Crippen LogP contribution < -0.4 is 10.3 Å². The van der Waals surface area contributed by atoms with Gasteiger partial charge in [0.2, 0.25) is 0 Å². The topological polar surface area (TPSA) is 92.3 Å². The van der Waals surface area contributed by atoms with E-state index in [1.807, 2.05) is 12.1 Å². The van der Waals surface area contributed by atoms with E-state index in [4.69, 9.17) is 21.4 Å². The number of fused-ring (bicyclic) bond motifs is 1. The summed E-state index contributed by atoms with van der Waals surface area (Å²) in [5.41, 5.74) is 0.681. The molecule has 2 N–H and O–H groups in total. The van der Waals surface area contributed by atoms with Gasteiger partial charge in [-0.1, -0.05) is 23.7 Å². The summed E-state index contributed by atoms with van der Waals surface area (Å²) in [6, 6.07) is 11.3. The van der Waals surface area contributed by atoms with Crippen LogP contribution >= 0.6 is 11.6 Å². The van der Waals surface area contributed by atoms with Crippen molar-refractivity contribution in [3.05, 3.63) is 69.8 Å². The zero-order chi connectivity index (χ0) is 18.0. The third kappa shape index (κ3) is 3.54. The third-order valence-electron chi connectivity index (χ3n) is 3.57. The summed E-state index contributed by atoms with van der Waals surface area (Å²) < 4.78 is 5.15. The number of aromatic amines is 1. The molecule has 7 heteroatoms. The van der Waals surface area contributed by atoms with E-state index in [1.54, 1.807) is 25.3 Å². The molecule has 0 fully saturated rings. The van der Waals surface area contributed by atoms with Crippen molar-refractivity contribution in [1.82, 2.24) is 9.97 Å². The minimum Gasteiger partial charge on any atom is -0.497 e. The van der Waals surface area contributed by atoms with Crippen LogP contribution in [0.3, 0.4) is 0 Å². The maximum atomic E-state index is 12.2. The number of nitrogens with one attached hydrogen (secondary N) is 1. The van der Waals surface area contributed by atoms with Crippen LogP contribution in [0.1, 0.15) is 21.7 Å². The van der Waals surface area contributed by atoms with Gasteiger partial charge in [0.05, 0.1) is 28.6 Å². The van der Waals surface area contributed by atoms with Crippen LogP contribution in [0, 0.1) is 0 Å². The molecule has 0 saturated carbocycles. The predicted octanol–water partition coefficient (Wildman–Crippen LogP) is 3.37. The average molecular weight is 357 g/mol. The molecule has 0 saturated heterocycles. The Balaban J connectivity index is 2.09. The van der Waals surface area contributed by atoms with Crippen molar-refractivity contribution >= 4 is 39.6 Å². The average Bonchev–Trinajstić information content (AvgIpc) is 2.61. The quantitative estimate of drug-likeness (QED) is 0.747. The number of aromatic nitrogens is 2. The van der Waals surface area contributed by atoms with Crippen molar-refractivity contribution < 1.29 is 14.6 Å². The van der Waals surface area contributed by atoms with Crippen LogP contribution in [-0.4, -0.2) is 28.2 Å². The number of hydrogen-bond acceptors (Lipinski definition) is 4. The molecule has 0 radical (unpaired) electrons. The second-order valence-electron chi connectivity index (χ2n) is 5.22. The Hall–Kier alpha value is -3.12. The molecule has 25 heavy (non-hydrogen) atoms. The zero-order valence-electron chi connectivity index (χ0n) is 13.1. The number of aromatic carboxylic acids is 1. The molecule has 3 aromatic rings. The smallest absolute Gasteiger partial charge is 0.335 e. The van der Waals surface area contributed by atoms with Crippen molar-refractivity contribution in [3.63, 3.8) is 0 Å². The van der Waals surface area contributed by atoms with Crippen molar-refractivity contribution in [2.75, 3.05) is 7.11 Å². The molecular weight excluding hydrogens is 344 g/mol. The molecule has 0 aliphatic rings. The highest BCUT2D eigenvalue weighted by molar-refractivity contribution is 6.50. The van der Waals surface area contributed by atoms with Crippen molar-refractivity contribution in [2.24, 2.45) is 0 Å². The Morgan fingerprint density at radius 3 is 2.80 bits per heavy atom. The molecule has 3 rings (SSSR count). The molecule has 0 atom stereocenters. The first-order valence-corrected chi connectivity index (χ1v) is 7.65. The number of carboxylic acids is 1. The normalized spacial score (nSPS) is 11.5. The number of carboxylic acid groups (broad SMARTS) is 1. The number of halogens is 1. The van der Waals surface area contributed by atoms with Crippen molar-refractivity contribution in [1.29, 1.82) is 0 Å². The first kappa shape index (κ1) is 16.7. The van der Waals surface area contributed by atoms with Crippen LogP contribution in [0.5, 0.6) is 5.75 Å². The summed E-state index contributed by atoms with van der Waals surface area (Å²) in [5.74, 6) is -0.266. The number of ether oxygens (including phenoxy) is 1. The minimum absolute atomic E-state index is 0.0458. The van der Waals surface area contributed by atoms with E-state index in [9.17, 15) is 9.59 Å². The lowest BCUT2D eigenvalue weighted by molar-refractivity contribution is 0.0697. The van der Waals surface area contributed by atoms with E-state index in [1.165, 1.54) is 18.2 Å². The molecule has 126 valence electrons. The highest BCUT2D eigenvalue weighted by Crippen LogP contribution is 2.22. The van der Waals surface area contributed by atoms with Gasteiger partial charge < -0.3 is 14.8 Å². The molecule has 2 aromatic carbocycles. The number of methoxy groups -OCH3 is 1. The SMILES string of the molecule is COc1cccc(/C=C(\Cl)c2nc3cc(C(=O)O)ccc3c(=O)[nH]2)c1. The first-order valence-electron chi connectivity index (χ1n) is 7.27. The van der Waals surface area contributed by atoms with E-state index in [0.717, 1.165) is 5.56 Å². The lowest BCUT2D eigenvalue weighted by Gasteiger charge is -2.04. The molecule has 0 unspecified atom stereocenters. The highest BCUT2D eigenvalue weighted by Gasteiger charge is 2.10. The fraction of sp³-hybridized carbons (Fsp3) is 0.0556. The number of benzene rings is 2. The van der Waals surface area contributed by atoms with Gasteiger partial charge in [0.1, 0.15) is 5.75 Å². The summed E-state index contributed by atoms with van der Waals surface area (Å²) in [5, 5.41) is 9.58. The van der Waals surface area contributed by atoms with Gasteiger partial charge >= 0.3 is 5.97 Å². The van der Waals surface area contributed by atoms with Crippen LogP contribution in [-0.2, 0) is 0 Å². The molecule has 1 heterocycles. The molecule has 1 aromatic heterocycles. The summed E-state index contributed by atoms with van der Waals surface area (Å²) in [4.78, 5) is 30.1. The molecule has 6 nitrogen and oxygen atoms in total. The second-order valence-corrected chi connectivity index (χ2v) is 5.63. The predicted molar refractivity (Wildman–Crippen MR) is 96.0 cm³/mol. The number of carbonyl (C=O) groups is 1. The summed E-state index contributed by atoms with van der Waals surface area (Å²) >= 11 is 6.28. The first-order chi connectivity index (χ1) is 12.0. The number of H-pyrrole nitrogens is 1. The zero-order valence-corrected chi connectivity index (χ0v) is 13.9. The van der Waals surface area contributed by atoms with E-state index in [0.29, 0.717) is 11.1 Å². The van der Waals surface area contributed by atoms with Gasteiger partial charge in [-0.25, -0.2) is 9.78 Å². The van der Waals surface area contributed by atoms with Crippen molar-refractivity contribution in [2.45, 2.75) is 0 Å². The summed E-state index contributed by atoms with van der Waals surface area (Å²) in [6.45, 7) is 0. The molecule has 0 aliphatic heterocycles. The van der Waals surface area contributed by atoms with Gasteiger partial charge in [0, 0.05) is 0 Å². The number of rotatable bonds is 4. The number of hydrogen-bond donors (Lipinski definition) is 2. The Labute approximate surface area is 147 Å². The lowest BCUT2D eigenvalue weighted by atomic mass is 10.1. The van der Waals surface area contributed by atoms with Crippen LogP contribution in [0.4, 0.5) is 0 Å². The Morgan fingerprint density at radius 1 is 1.28 bits per heavy atom. The monoisotopic (exact) mass is 356 g/mol. The molecule has 0 amide bonds. The highest BCUT2D eigenvalue weighted by atomic mass is 35.5. The van der Waals surface area contributed by atoms with Gasteiger partial charge in [-0.3, -0.25) is 4.79 Å². The van der Waals surface area contributed by atoms with Crippen LogP contribution in [0.2, 0.25) is 0 Å². The maximum absolute atomic E-state index is 12.2. The molecular formula is C18H13ClN2O4. The van der Waals surface area contributed by atoms with Crippen LogP contribution in [0.25, 0.3) is 22.0 Å². The Kier molecular flexibility index (Phi) is 4.54. The van der Waals surface area contributed by atoms with Crippen LogP contribution in [0.15, 0.2) is 47.3 Å². The van der Waals surface area contributed by atoms with Gasteiger partial charge in [-0.05, 0) is 42.0 Å². The Bertz CT molecular complexity index is 1060. The standard InChI is InChI=1S/C18H13ClN2O4/c1-25-12-4-2-3-10(7-12)8-14(19)16-20-15-9-11(18(23)24)5-6-13(15)17(22)21-16/h2-9H,1H3,(H,23,24)(H,20,21,22)/b14-8-. The minimum atomic E-state index is -1.09. The molecule has 0 bridgehead atoms. The van der Waals surface area contributed by atoms with E-state index >= 15 is 0 Å². The molecule has 0 aliphatic carbocycles. The fourth-order valence-electron chi connectivity index (χ4n) is 2.33. The summed E-state index contributed by atoms with van der Waals surface area (Å²) in [7, 11) is 1.56. The lowest BCUT2D eigenvalue weighted by Crippen LogP contribution is -2.11. The van der Waals surface area contributed by atoms with E-state index in [-0.39, 0.29) is 21.9 Å². The van der Waals surface area contributed by atoms with Gasteiger partial charge in [0.15, 0.2) is 5.82 Å². The van der Waals surface area contributed by atoms with Crippen molar-refractivity contribution in [3.8, 4) is 5.75 Å². The number of nitrogens with zero attached hydrogens (tertiary/aromatic N) is 1. The van der Waals surface area contributed by atoms with Gasteiger partial charge in [-0.15, -0.1) is 0 Å². The largest absolute Gasteiger partial charge is 0.497 e. The Morgan fingerprint density at radius 2 is 2.08 bits per heavy atom. The maximum Gasteiger partial charge on any atom is 0.335 e. The second kappa shape index (κ2) is 6.78. The molecule has 0 spiro atoms. The van der Waals surface area contributed by atoms with Gasteiger partial charge in [-0.2, -0.15) is 0 Å². The van der Waals surface area contributed by atoms with Gasteiger partial charge in [0.25, 0.3) is 5.56 Å². The third-order valence-corrected chi connectivity index (χ3v) is 3.86.